The first kappa shape index (κ1) is 28.7. The molecule has 29 heavy (non-hydrogen) atoms. The molecule has 0 aliphatic carbocycles. The van der Waals surface area contributed by atoms with Gasteiger partial charge in [0.05, 0.1) is 19.8 Å². The van der Waals surface area contributed by atoms with Crippen molar-refractivity contribution < 1.29 is 23.1 Å². The number of ether oxygens (including phenoxy) is 1. The van der Waals surface area contributed by atoms with E-state index < -0.39 is 8.60 Å². The van der Waals surface area contributed by atoms with Crippen molar-refractivity contribution in [1.82, 2.24) is 0 Å². The second kappa shape index (κ2) is 24.0. The summed E-state index contributed by atoms with van der Waals surface area (Å²) in [5.41, 5.74) is 5.37. The number of esters is 1. The van der Waals surface area contributed by atoms with Crippen LogP contribution in [0.5, 0.6) is 0 Å². The summed E-state index contributed by atoms with van der Waals surface area (Å²) in [6, 6.07) is 0. The average molecular weight is 436 g/mol. The topological polar surface area (TPSA) is 80.0 Å². The number of hydrogen-bond donors (Lipinski definition) is 1. The number of hydrogen-bond acceptors (Lipinski definition) is 6. The van der Waals surface area contributed by atoms with Crippen molar-refractivity contribution in [3.8, 4) is 0 Å². The summed E-state index contributed by atoms with van der Waals surface area (Å²) < 4.78 is 21.0. The molecule has 1 atom stereocenters. The van der Waals surface area contributed by atoms with Crippen molar-refractivity contribution in [3.63, 3.8) is 0 Å². The van der Waals surface area contributed by atoms with Crippen molar-refractivity contribution in [3.05, 3.63) is 0 Å². The smallest absolute Gasteiger partial charge is 0.332 e. The fourth-order valence-electron chi connectivity index (χ4n) is 3.01. The van der Waals surface area contributed by atoms with Crippen LogP contribution in [0.15, 0.2) is 0 Å². The molecule has 0 saturated heterocycles. The molecule has 7 heteroatoms. The predicted molar refractivity (Wildman–Crippen MR) is 121 cm³/mol. The van der Waals surface area contributed by atoms with E-state index >= 15 is 0 Å². The minimum atomic E-state index is -1.34. The van der Waals surface area contributed by atoms with Crippen LogP contribution >= 0.6 is 8.60 Å². The monoisotopic (exact) mass is 435 g/mol. The van der Waals surface area contributed by atoms with Gasteiger partial charge < -0.3 is 24.0 Å². The molecule has 0 radical (unpaired) electrons. The molecule has 0 saturated carbocycles. The summed E-state index contributed by atoms with van der Waals surface area (Å²) in [4.78, 5) is 11.7. The maximum absolute atomic E-state index is 11.7. The van der Waals surface area contributed by atoms with Gasteiger partial charge in [-0.3, -0.25) is 4.79 Å². The van der Waals surface area contributed by atoms with E-state index in [0.717, 1.165) is 12.8 Å². The molecule has 0 spiro atoms. The summed E-state index contributed by atoms with van der Waals surface area (Å²) in [6.45, 7) is 3.92. The summed E-state index contributed by atoms with van der Waals surface area (Å²) in [5, 5.41) is 0. The molecule has 174 valence electrons. The van der Waals surface area contributed by atoms with Crippen LogP contribution < -0.4 is 5.73 Å². The van der Waals surface area contributed by atoms with Crippen LogP contribution in [0.25, 0.3) is 0 Å². The number of nitrogens with two attached hydrogens (primary N) is 1. The third-order valence-corrected chi connectivity index (χ3v) is 5.78. The number of carbonyl (C=O) groups excluding carboxylic acids is 1. The molecule has 0 aliphatic heterocycles. The Morgan fingerprint density at radius 1 is 0.724 bits per heavy atom. The van der Waals surface area contributed by atoms with Crippen molar-refractivity contribution >= 4 is 14.6 Å². The van der Waals surface area contributed by atoms with Gasteiger partial charge in [0.15, 0.2) is 0 Å². The fraction of sp³-hybridized carbons (Fsp3) is 0.955. The first-order chi connectivity index (χ1) is 14.2. The Morgan fingerprint density at radius 3 is 1.76 bits per heavy atom. The lowest BCUT2D eigenvalue weighted by molar-refractivity contribution is -0.144. The van der Waals surface area contributed by atoms with Crippen LogP contribution in [0.2, 0.25) is 0 Å². The molecule has 1 unspecified atom stereocenters. The second-order valence-corrected chi connectivity index (χ2v) is 8.76. The summed E-state index contributed by atoms with van der Waals surface area (Å²) >= 11 is 0. The van der Waals surface area contributed by atoms with Gasteiger partial charge in [0.2, 0.25) is 0 Å². The van der Waals surface area contributed by atoms with Crippen LogP contribution in [0, 0.1) is 0 Å². The quantitative estimate of drug-likeness (QED) is 0.116. The Kier molecular flexibility index (Phi) is 23.8. The van der Waals surface area contributed by atoms with Gasteiger partial charge >= 0.3 is 14.6 Å². The largest absolute Gasteiger partial charge is 0.466 e. The highest BCUT2D eigenvalue weighted by molar-refractivity contribution is 7.41. The van der Waals surface area contributed by atoms with E-state index in [2.05, 4.69) is 6.92 Å². The van der Waals surface area contributed by atoms with Gasteiger partial charge in [-0.05, 0) is 6.42 Å². The Labute approximate surface area is 180 Å². The SMILES string of the molecule is CCCCCCCCCCCCCCCC(=O)OCCCOP(OC)OCCN. The minimum absolute atomic E-state index is 0.110. The van der Waals surface area contributed by atoms with Gasteiger partial charge in [-0.15, -0.1) is 0 Å². The lowest BCUT2D eigenvalue weighted by Gasteiger charge is -2.13. The summed E-state index contributed by atoms with van der Waals surface area (Å²) in [6.07, 6.45) is 18.1. The maximum Gasteiger partial charge on any atom is 0.332 e. The van der Waals surface area contributed by atoms with Crippen LogP contribution in [-0.2, 0) is 23.1 Å². The average Bonchev–Trinajstić information content (AvgIpc) is 2.73. The lowest BCUT2D eigenvalue weighted by Crippen LogP contribution is -2.09. The highest BCUT2D eigenvalue weighted by atomic mass is 31.2. The highest BCUT2D eigenvalue weighted by Gasteiger charge is 2.09. The second-order valence-electron chi connectivity index (χ2n) is 7.43. The lowest BCUT2D eigenvalue weighted by atomic mass is 10.0. The fourth-order valence-corrected chi connectivity index (χ4v) is 3.83. The Balaban J connectivity index is 3.28. The minimum Gasteiger partial charge on any atom is -0.466 e. The molecule has 6 nitrogen and oxygen atoms in total. The Bertz CT molecular complexity index is 347. The molecule has 0 heterocycles. The summed E-state index contributed by atoms with van der Waals surface area (Å²) in [5.74, 6) is -0.110. The highest BCUT2D eigenvalue weighted by Crippen LogP contribution is 2.38. The normalized spacial score (nSPS) is 12.2. The molecule has 2 N–H and O–H groups in total. The van der Waals surface area contributed by atoms with E-state index in [9.17, 15) is 4.79 Å². The standard InChI is InChI=1S/C22H46NO5P/c1-3-4-5-6-7-8-9-10-11-12-13-14-15-17-22(24)26-19-16-20-27-29(25-2)28-21-18-23/h3-21,23H2,1-2H3. The molecule has 0 fully saturated rings. The molecule has 0 aromatic rings. The Hall–Kier alpha value is -0.260. The molecule has 0 rings (SSSR count). The van der Waals surface area contributed by atoms with Gasteiger partial charge in [-0.2, -0.15) is 0 Å². The van der Waals surface area contributed by atoms with Crippen molar-refractivity contribution in [2.75, 3.05) is 33.5 Å². The number of rotatable bonds is 23. The Morgan fingerprint density at radius 2 is 1.24 bits per heavy atom. The number of unbranched alkanes of at least 4 members (excludes halogenated alkanes) is 12. The first-order valence-corrected chi connectivity index (χ1v) is 12.8. The van der Waals surface area contributed by atoms with Gasteiger partial charge in [0.1, 0.15) is 0 Å². The zero-order valence-electron chi connectivity index (χ0n) is 19.0. The molecule has 0 aromatic heterocycles. The third-order valence-electron chi connectivity index (χ3n) is 4.70. The van der Waals surface area contributed by atoms with E-state index in [1.807, 2.05) is 0 Å². The van der Waals surface area contributed by atoms with Crippen LogP contribution in [-0.4, -0.2) is 39.4 Å². The first-order valence-electron chi connectivity index (χ1n) is 11.7. The van der Waals surface area contributed by atoms with Crippen LogP contribution in [0.3, 0.4) is 0 Å². The maximum atomic E-state index is 11.7. The van der Waals surface area contributed by atoms with E-state index in [0.29, 0.717) is 39.2 Å². The van der Waals surface area contributed by atoms with E-state index in [-0.39, 0.29) is 5.97 Å². The van der Waals surface area contributed by atoms with Crippen LogP contribution in [0.4, 0.5) is 0 Å². The van der Waals surface area contributed by atoms with Gasteiger partial charge in [0, 0.05) is 26.5 Å². The van der Waals surface area contributed by atoms with E-state index in [1.54, 1.807) is 0 Å². The molecule has 0 aromatic carbocycles. The van der Waals surface area contributed by atoms with Crippen molar-refractivity contribution in [2.45, 2.75) is 103 Å². The molecular formula is C22H46NO5P. The van der Waals surface area contributed by atoms with Gasteiger partial charge in [-0.25, -0.2) is 0 Å². The predicted octanol–water partition coefficient (Wildman–Crippen LogP) is 6.27. The molecule has 0 bridgehead atoms. The zero-order valence-corrected chi connectivity index (χ0v) is 19.9. The zero-order chi connectivity index (χ0) is 21.4. The van der Waals surface area contributed by atoms with Gasteiger partial charge in [0.25, 0.3) is 0 Å². The van der Waals surface area contributed by atoms with E-state index in [4.69, 9.17) is 24.0 Å². The van der Waals surface area contributed by atoms with E-state index in [1.165, 1.54) is 77.7 Å². The molecule has 0 aliphatic rings. The van der Waals surface area contributed by atoms with Crippen molar-refractivity contribution in [2.24, 2.45) is 5.73 Å². The summed E-state index contributed by atoms with van der Waals surface area (Å²) in [7, 11) is 0.198. The number of carbonyl (C=O) groups is 1. The molecule has 0 amide bonds. The van der Waals surface area contributed by atoms with Crippen LogP contribution in [0.1, 0.15) is 103 Å². The molecular weight excluding hydrogens is 389 g/mol. The van der Waals surface area contributed by atoms with Gasteiger partial charge in [-0.1, -0.05) is 84.0 Å². The third kappa shape index (κ3) is 22.3. The van der Waals surface area contributed by atoms with Crippen molar-refractivity contribution in [1.29, 1.82) is 0 Å².